The van der Waals surface area contributed by atoms with E-state index in [1.807, 2.05) is 6.07 Å². The quantitative estimate of drug-likeness (QED) is 0.786. The van der Waals surface area contributed by atoms with E-state index in [9.17, 15) is 4.39 Å². The normalized spacial score (nSPS) is 11.9. The van der Waals surface area contributed by atoms with Gasteiger partial charge in [0.2, 0.25) is 0 Å². The van der Waals surface area contributed by atoms with Crippen LogP contribution in [0, 0.1) is 17.1 Å². The van der Waals surface area contributed by atoms with E-state index >= 15 is 0 Å². The molecule has 0 fully saturated rings. The van der Waals surface area contributed by atoms with Crippen molar-refractivity contribution < 1.29 is 14.2 Å². The molecule has 1 rings (SSSR count). The Morgan fingerprint density at radius 1 is 1.56 bits per heavy atom. The van der Waals surface area contributed by atoms with Crippen LogP contribution in [0.5, 0.6) is 0 Å². The summed E-state index contributed by atoms with van der Waals surface area (Å²) in [7, 11) is 1.51. The molecule has 5 heteroatoms. The first-order chi connectivity index (χ1) is 7.69. The van der Waals surface area contributed by atoms with Crippen LogP contribution in [0.15, 0.2) is 18.2 Å². The summed E-state index contributed by atoms with van der Waals surface area (Å²) in [5, 5.41) is 20.6. The van der Waals surface area contributed by atoms with Gasteiger partial charge in [0, 0.05) is 12.8 Å². The SMILES string of the molecule is COCC(CO)Nc1cc(F)cc(C#N)c1. The molecule has 16 heavy (non-hydrogen) atoms. The zero-order valence-electron chi connectivity index (χ0n) is 8.90. The topological polar surface area (TPSA) is 65.3 Å². The predicted octanol–water partition coefficient (Wildman–Crippen LogP) is 1.12. The summed E-state index contributed by atoms with van der Waals surface area (Å²) in [6.07, 6.45) is 0. The van der Waals surface area contributed by atoms with Gasteiger partial charge in [-0.2, -0.15) is 5.26 Å². The van der Waals surface area contributed by atoms with E-state index < -0.39 is 5.82 Å². The molecule has 2 N–H and O–H groups in total. The molecule has 1 unspecified atom stereocenters. The van der Waals surface area contributed by atoms with E-state index in [0.717, 1.165) is 6.07 Å². The van der Waals surface area contributed by atoms with Gasteiger partial charge in [0.25, 0.3) is 0 Å². The molecule has 0 aliphatic carbocycles. The van der Waals surface area contributed by atoms with E-state index in [-0.39, 0.29) is 18.2 Å². The van der Waals surface area contributed by atoms with E-state index in [2.05, 4.69) is 5.32 Å². The highest BCUT2D eigenvalue weighted by Crippen LogP contribution is 2.14. The number of benzene rings is 1. The summed E-state index contributed by atoms with van der Waals surface area (Å²) in [6.45, 7) is 0.168. The van der Waals surface area contributed by atoms with E-state index in [1.54, 1.807) is 0 Å². The number of ether oxygens (including phenoxy) is 1. The molecule has 0 saturated carbocycles. The highest BCUT2D eigenvalue weighted by molar-refractivity contribution is 5.50. The number of nitrogens with zero attached hydrogens (tertiary/aromatic N) is 1. The Bertz CT molecular complexity index is 390. The Kier molecular flexibility index (Phi) is 4.70. The lowest BCUT2D eigenvalue weighted by molar-refractivity contribution is 0.153. The third-order valence-corrected chi connectivity index (χ3v) is 1.99. The van der Waals surface area contributed by atoms with Crippen molar-refractivity contribution in [3.8, 4) is 6.07 Å². The molecule has 0 aliphatic rings. The lowest BCUT2D eigenvalue weighted by Gasteiger charge is -2.16. The molecule has 0 amide bonds. The molecule has 86 valence electrons. The van der Waals surface area contributed by atoms with Crippen molar-refractivity contribution in [2.75, 3.05) is 25.6 Å². The predicted molar refractivity (Wildman–Crippen MR) is 57.5 cm³/mol. The van der Waals surface area contributed by atoms with Gasteiger partial charge in [-0.15, -0.1) is 0 Å². The fraction of sp³-hybridized carbons (Fsp3) is 0.364. The number of hydrogen-bond donors (Lipinski definition) is 2. The Morgan fingerprint density at radius 3 is 2.88 bits per heavy atom. The number of methoxy groups -OCH3 is 1. The fourth-order valence-corrected chi connectivity index (χ4v) is 1.31. The first kappa shape index (κ1) is 12.4. The molecule has 4 nitrogen and oxygen atoms in total. The minimum atomic E-state index is -0.490. The van der Waals surface area contributed by atoms with Gasteiger partial charge in [-0.1, -0.05) is 0 Å². The van der Waals surface area contributed by atoms with Crippen LogP contribution in [-0.4, -0.2) is 31.5 Å². The minimum absolute atomic E-state index is 0.133. The molecular weight excluding hydrogens is 211 g/mol. The molecule has 1 atom stereocenters. The first-order valence-corrected chi connectivity index (χ1v) is 4.76. The second kappa shape index (κ2) is 6.05. The van der Waals surface area contributed by atoms with Crippen LogP contribution in [0.2, 0.25) is 0 Å². The minimum Gasteiger partial charge on any atom is -0.394 e. The van der Waals surface area contributed by atoms with Crippen molar-refractivity contribution in [3.63, 3.8) is 0 Å². The number of halogens is 1. The van der Waals surface area contributed by atoms with Gasteiger partial charge in [-0.25, -0.2) is 4.39 Å². The third kappa shape index (κ3) is 3.50. The molecule has 0 heterocycles. The Hall–Kier alpha value is -1.64. The maximum Gasteiger partial charge on any atom is 0.126 e. The van der Waals surface area contributed by atoms with Gasteiger partial charge < -0.3 is 15.2 Å². The van der Waals surface area contributed by atoms with Gasteiger partial charge in [-0.05, 0) is 18.2 Å². The van der Waals surface area contributed by atoms with Crippen molar-refractivity contribution in [1.82, 2.24) is 0 Å². The number of nitriles is 1. The smallest absolute Gasteiger partial charge is 0.126 e. The molecule has 0 spiro atoms. The number of anilines is 1. The van der Waals surface area contributed by atoms with Crippen molar-refractivity contribution in [1.29, 1.82) is 5.26 Å². The maximum atomic E-state index is 13.1. The lowest BCUT2D eigenvalue weighted by Crippen LogP contribution is -2.28. The summed E-state index contributed by atoms with van der Waals surface area (Å²) in [4.78, 5) is 0. The van der Waals surface area contributed by atoms with Gasteiger partial charge in [0.15, 0.2) is 0 Å². The van der Waals surface area contributed by atoms with Crippen molar-refractivity contribution in [2.24, 2.45) is 0 Å². The highest BCUT2D eigenvalue weighted by Gasteiger charge is 2.08. The average molecular weight is 224 g/mol. The summed E-state index contributed by atoms with van der Waals surface area (Å²) < 4.78 is 17.9. The summed E-state index contributed by atoms with van der Waals surface area (Å²) in [5.41, 5.74) is 0.684. The molecule has 1 aromatic rings. The monoisotopic (exact) mass is 224 g/mol. The van der Waals surface area contributed by atoms with Gasteiger partial charge in [0.05, 0.1) is 30.9 Å². The van der Waals surface area contributed by atoms with Crippen molar-refractivity contribution in [3.05, 3.63) is 29.6 Å². The second-order valence-corrected chi connectivity index (χ2v) is 3.32. The standard InChI is InChI=1S/C11H13FN2O2/c1-16-7-11(6-15)14-10-3-8(5-13)2-9(12)4-10/h2-4,11,14-15H,6-7H2,1H3. The summed E-state index contributed by atoms with van der Waals surface area (Å²) >= 11 is 0. The van der Waals surface area contributed by atoms with Gasteiger partial charge >= 0.3 is 0 Å². The van der Waals surface area contributed by atoms with E-state index in [4.69, 9.17) is 15.1 Å². The van der Waals surface area contributed by atoms with Crippen LogP contribution < -0.4 is 5.32 Å². The Labute approximate surface area is 93.3 Å². The van der Waals surface area contributed by atoms with Crippen LogP contribution in [0.25, 0.3) is 0 Å². The number of nitrogens with one attached hydrogen (secondary N) is 1. The molecule has 1 aromatic carbocycles. The largest absolute Gasteiger partial charge is 0.394 e. The third-order valence-electron chi connectivity index (χ3n) is 1.99. The zero-order valence-corrected chi connectivity index (χ0v) is 8.90. The van der Waals surface area contributed by atoms with Crippen LogP contribution in [0.4, 0.5) is 10.1 Å². The molecule has 0 saturated heterocycles. The number of aliphatic hydroxyl groups is 1. The van der Waals surface area contributed by atoms with Crippen LogP contribution >= 0.6 is 0 Å². The van der Waals surface area contributed by atoms with Gasteiger partial charge in [-0.3, -0.25) is 0 Å². The molecule has 0 aliphatic heterocycles. The van der Waals surface area contributed by atoms with E-state index in [1.165, 1.54) is 19.2 Å². The van der Waals surface area contributed by atoms with Crippen LogP contribution in [0.1, 0.15) is 5.56 Å². The molecular formula is C11H13FN2O2. The van der Waals surface area contributed by atoms with Gasteiger partial charge in [0.1, 0.15) is 5.82 Å². The molecule has 0 radical (unpaired) electrons. The molecule has 0 bridgehead atoms. The lowest BCUT2D eigenvalue weighted by atomic mass is 10.2. The zero-order chi connectivity index (χ0) is 12.0. The van der Waals surface area contributed by atoms with E-state index in [0.29, 0.717) is 12.3 Å². The molecule has 0 aromatic heterocycles. The Morgan fingerprint density at radius 2 is 2.31 bits per heavy atom. The van der Waals surface area contributed by atoms with Crippen molar-refractivity contribution >= 4 is 5.69 Å². The Balaban J connectivity index is 2.80. The van der Waals surface area contributed by atoms with Crippen LogP contribution in [-0.2, 0) is 4.74 Å². The summed E-state index contributed by atoms with van der Waals surface area (Å²) in [6, 6.07) is 5.46. The second-order valence-electron chi connectivity index (χ2n) is 3.32. The number of aliphatic hydroxyl groups excluding tert-OH is 1. The maximum absolute atomic E-state index is 13.1. The van der Waals surface area contributed by atoms with Crippen molar-refractivity contribution in [2.45, 2.75) is 6.04 Å². The highest BCUT2D eigenvalue weighted by atomic mass is 19.1. The van der Waals surface area contributed by atoms with Crippen LogP contribution in [0.3, 0.4) is 0 Å². The summed E-state index contributed by atoms with van der Waals surface area (Å²) in [5.74, 6) is -0.490. The first-order valence-electron chi connectivity index (χ1n) is 4.76. The number of hydrogen-bond acceptors (Lipinski definition) is 4. The fourth-order valence-electron chi connectivity index (χ4n) is 1.31. The number of rotatable bonds is 5. The average Bonchev–Trinajstić information content (AvgIpc) is 2.27.